The van der Waals surface area contributed by atoms with E-state index in [9.17, 15) is 9.59 Å². The SMILES string of the molecule is O=CC(C(=O)S)c1cccc2c1OC=CC2c1ccccc1. The van der Waals surface area contributed by atoms with Gasteiger partial charge in [-0.2, -0.15) is 0 Å². The van der Waals surface area contributed by atoms with Crippen molar-refractivity contribution in [1.29, 1.82) is 0 Å². The van der Waals surface area contributed by atoms with Gasteiger partial charge in [-0.3, -0.25) is 4.79 Å². The molecule has 22 heavy (non-hydrogen) atoms. The highest BCUT2D eigenvalue weighted by Crippen LogP contribution is 2.40. The highest BCUT2D eigenvalue weighted by atomic mass is 32.1. The normalized spacial score (nSPS) is 17.2. The van der Waals surface area contributed by atoms with Crippen molar-refractivity contribution in [3.8, 4) is 5.75 Å². The number of hydrogen-bond acceptors (Lipinski definition) is 3. The second kappa shape index (κ2) is 6.20. The van der Waals surface area contributed by atoms with Crippen molar-refractivity contribution in [2.75, 3.05) is 0 Å². The number of carbonyl (C=O) groups excluding carboxylic acids is 2. The highest BCUT2D eigenvalue weighted by molar-refractivity contribution is 7.96. The number of carbonyl (C=O) groups is 2. The Morgan fingerprint density at radius 2 is 1.91 bits per heavy atom. The van der Waals surface area contributed by atoms with Gasteiger partial charge in [-0.15, -0.1) is 12.6 Å². The zero-order valence-corrected chi connectivity index (χ0v) is 12.6. The summed E-state index contributed by atoms with van der Waals surface area (Å²) in [5.74, 6) is -0.313. The lowest BCUT2D eigenvalue weighted by Crippen LogP contribution is -2.13. The van der Waals surface area contributed by atoms with Crippen LogP contribution in [0.4, 0.5) is 0 Å². The molecule has 1 aliphatic rings. The van der Waals surface area contributed by atoms with Crippen LogP contribution in [0.2, 0.25) is 0 Å². The first-order valence-electron chi connectivity index (χ1n) is 6.91. The predicted octanol–water partition coefficient (Wildman–Crippen LogP) is 3.46. The van der Waals surface area contributed by atoms with Crippen LogP contribution in [0.25, 0.3) is 0 Å². The number of ether oxygens (including phenoxy) is 1. The zero-order chi connectivity index (χ0) is 15.5. The van der Waals surface area contributed by atoms with Crippen LogP contribution in [-0.2, 0) is 9.59 Å². The third-order valence-corrected chi connectivity index (χ3v) is 4.04. The maximum atomic E-state index is 11.6. The Labute approximate surface area is 134 Å². The van der Waals surface area contributed by atoms with Gasteiger partial charge in [0.25, 0.3) is 0 Å². The molecule has 0 saturated carbocycles. The van der Waals surface area contributed by atoms with Crippen molar-refractivity contribution in [3.05, 3.63) is 77.6 Å². The number of thiol groups is 1. The van der Waals surface area contributed by atoms with Crippen molar-refractivity contribution < 1.29 is 14.3 Å². The lowest BCUT2D eigenvalue weighted by Gasteiger charge is -2.24. The van der Waals surface area contributed by atoms with Crippen molar-refractivity contribution in [2.45, 2.75) is 11.8 Å². The summed E-state index contributed by atoms with van der Waals surface area (Å²) >= 11 is 3.80. The van der Waals surface area contributed by atoms with Gasteiger partial charge >= 0.3 is 0 Å². The van der Waals surface area contributed by atoms with Crippen LogP contribution in [0.1, 0.15) is 28.5 Å². The van der Waals surface area contributed by atoms with Gasteiger partial charge in [-0.05, 0) is 11.6 Å². The average molecular weight is 310 g/mol. The predicted molar refractivity (Wildman–Crippen MR) is 87.3 cm³/mol. The van der Waals surface area contributed by atoms with Crippen LogP contribution in [0, 0.1) is 0 Å². The molecule has 0 radical (unpaired) electrons. The topological polar surface area (TPSA) is 43.4 Å². The van der Waals surface area contributed by atoms with Gasteiger partial charge in [-0.25, -0.2) is 0 Å². The lowest BCUT2D eigenvalue weighted by molar-refractivity contribution is -0.118. The number of aldehydes is 1. The highest BCUT2D eigenvalue weighted by Gasteiger charge is 2.27. The van der Waals surface area contributed by atoms with E-state index in [1.54, 1.807) is 12.3 Å². The molecule has 0 N–H and O–H groups in total. The Morgan fingerprint density at radius 1 is 1.14 bits per heavy atom. The average Bonchev–Trinajstić information content (AvgIpc) is 2.56. The van der Waals surface area contributed by atoms with Gasteiger partial charge in [0.15, 0.2) is 0 Å². The first-order valence-corrected chi connectivity index (χ1v) is 7.36. The summed E-state index contributed by atoms with van der Waals surface area (Å²) in [6.45, 7) is 0. The Kier molecular flexibility index (Phi) is 4.11. The number of para-hydroxylation sites is 1. The van der Waals surface area contributed by atoms with Crippen molar-refractivity contribution >= 4 is 24.0 Å². The fourth-order valence-electron chi connectivity index (χ4n) is 2.70. The quantitative estimate of drug-likeness (QED) is 0.534. The molecule has 4 heteroatoms. The minimum absolute atomic E-state index is 0.0345. The van der Waals surface area contributed by atoms with E-state index >= 15 is 0 Å². The van der Waals surface area contributed by atoms with Gasteiger partial charge in [0.05, 0.1) is 6.26 Å². The number of allylic oxidation sites excluding steroid dienone is 1. The molecule has 0 saturated heterocycles. The number of benzene rings is 2. The van der Waals surface area contributed by atoms with E-state index in [0.717, 1.165) is 11.1 Å². The van der Waals surface area contributed by atoms with Gasteiger partial charge in [0.1, 0.15) is 18.0 Å². The maximum absolute atomic E-state index is 11.6. The molecule has 0 bridgehead atoms. The standard InChI is InChI=1S/C18H14O3S/c19-11-16(18(20)22)15-8-4-7-14-13(9-10-21-17(14)15)12-5-2-1-3-6-12/h1-11,13,16H,(H,20,22). The summed E-state index contributed by atoms with van der Waals surface area (Å²) in [5.41, 5.74) is 2.62. The van der Waals surface area contributed by atoms with Crippen LogP contribution in [0.3, 0.4) is 0 Å². The third-order valence-electron chi connectivity index (χ3n) is 3.76. The van der Waals surface area contributed by atoms with E-state index in [1.807, 2.05) is 48.5 Å². The van der Waals surface area contributed by atoms with E-state index in [0.29, 0.717) is 17.6 Å². The largest absolute Gasteiger partial charge is 0.465 e. The molecule has 110 valence electrons. The molecular formula is C18H14O3S. The molecule has 3 nitrogen and oxygen atoms in total. The summed E-state index contributed by atoms with van der Waals surface area (Å²) in [7, 11) is 0. The summed E-state index contributed by atoms with van der Waals surface area (Å²) in [5, 5.41) is -0.488. The third kappa shape index (κ3) is 2.57. The van der Waals surface area contributed by atoms with Gasteiger partial charge in [-0.1, -0.05) is 48.5 Å². The van der Waals surface area contributed by atoms with E-state index in [2.05, 4.69) is 12.6 Å². The van der Waals surface area contributed by atoms with E-state index in [1.165, 1.54) is 0 Å². The molecule has 2 aromatic rings. The molecule has 0 spiro atoms. The van der Waals surface area contributed by atoms with Crippen LogP contribution < -0.4 is 4.74 Å². The second-order valence-corrected chi connectivity index (χ2v) is 5.49. The Hall–Kier alpha value is -2.33. The van der Waals surface area contributed by atoms with E-state index in [-0.39, 0.29) is 5.92 Å². The molecule has 3 rings (SSSR count). The van der Waals surface area contributed by atoms with Crippen LogP contribution in [-0.4, -0.2) is 11.4 Å². The maximum Gasteiger partial charge on any atom is 0.200 e. The van der Waals surface area contributed by atoms with Crippen LogP contribution >= 0.6 is 12.6 Å². The van der Waals surface area contributed by atoms with Gasteiger partial charge in [0, 0.05) is 17.0 Å². The fraction of sp³-hybridized carbons (Fsp3) is 0.111. The molecule has 2 unspecified atom stereocenters. The smallest absolute Gasteiger partial charge is 0.200 e. The molecular weight excluding hydrogens is 296 g/mol. The monoisotopic (exact) mass is 310 g/mol. The summed E-state index contributed by atoms with van der Waals surface area (Å²) in [6, 6.07) is 15.5. The molecule has 2 atom stereocenters. The van der Waals surface area contributed by atoms with Crippen molar-refractivity contribution in [3.63, 3.8) is 0 Å². The minimum Gasteiger partial charge on any atom is -0.465 e. The molecule has 1 heterocycles. The lowest BCUT2D eigenvalue weighted by atomic mass is 9.86. The van der Waals surface area contributed by atoms with E-state index in [4.69, 9.17) is 4.74 Å². The van der Waals surface area contributed by atoms with E-state index < -0.39 is 11.0 Å². The van der Waals surface area contributed by atoms with Crippen molar-refractivity contribution in [1.82, 2.24) is 0 Å². The first-order chi connectivity index (χ1) is 10.7. The zero-order valence-electron chi connectivity index (χ0n) is 11.7. The van der Waals surface area contributed by atoms with Crippen LogP contribution in [0.5, 0.6) is 5.75 Å². The molecule has 0 amide bonds. The summed E-state index contributed by atoms with van der Waals surface area (Å²) < 4.78 is 5.61. The first kappa shape index (κ1) is 14.6. The molecule has 0 fully saturated rings. The van der Waals surface area contributed by atoms with Crippen molar-refractivity contribution in [2.24, 2.45) is 0 Å². The summed E-state index contributed by atoms with van der Waals surface area (Å²) in [4.78, 5) is 22.8. The van der Waals surface area contributed by atoms with Crippen LogP contribution in [0.15, 0.2) is 60.9 Å². The summed E-state index contributed by atoms with van der Waals surface area (Å²) in [6.07, 6.45) is 4.17. The molecule has 1 aliphatic heterocycles. The second-order valence-electron chi connectivity index (χ2n) is 5.05. The van der Waals surface area contributed by atoms with Gasteiger partial charge in [0.2, 0.25) is 5.12 Å². The Balaban J connectivity index is 2.11. The van der Waals surface area contributed by atoms with Gasteiger partial charge < -0.3 is 9.53 Å². The molecule has 0 aliphatic carbocycles. The Morgan fingerprint density at radius 3 is 2.59 bits per heavy atom. The number of fused-ring (bicyclic) bond motifs is 1. The number of hydrogen-bond donors (Lipinski definition) is 1. The number of rotatable bonds is 4. The fourth-order valence-corrected chi connectivity index (χ4v) is 2.90. The Bertz CT molecular complexity index is 737. The minimum atomic E-state index is -0.916. The molecule has 2 aromatic carbocycles. The molecule has 0 aromatic heterocycles.